The van der Waals surface area contributed by atoms with Crippen molar-refractivity contribution in [2.45, 2.75) is 26.0 Å². The Morgan fingerprint density at radius 1 is 1.33 bits per heavy atom. The average molecular weight is 366 g/mol. The number of carbonyl (C=O) groups is 2. The van der Waals surface area contributed by atoms with Crippen molar-refractivity contribution in [1.82, 2.24) is 0 Å². The van der Waals surface area contributed by atoms with Crippen molar-refractivity contribution in [2.75, 3.05) is 24.3 Å². The second-order valence-electron chi connectivity index (χ2n) is 4.77. The molecule has 1 aliphatic heterocycles. The molecule has 0 aromatic carbocycles. The number of anilines is 1. The van der Waals surface area contributed by atoms with E-state index < -0.39 is 5.97 Å². The fourth-order valence-corrected chi connectivity index (χ4v) is 4.57. The molecule has 2 rings (SSSR count). The Balaban J connectivity index is 2.32. The van der Waals surface area contributed by atoms with Crippen LogP contribution in [-0.2, 0) is 26.4 Å². The zero-order valence-corrected chi connectivity index (χ0v) is 15.1. The summed E-state index contributed by atoms with van der Waals surface area (Å²) in [5.74, 6) is 0.730. The van der Waals surface area contributed by atoms with Gasteiger partial charge in [0.25, 0.3) is 0 Å². The number of hydrogen-bond donors (Lipinski definition) is 1. The summed E-state index contributed by atoms with van der Waals surface area (Å²) in [7, 11) is 0. The number of rotatable bonds is 6. The number of esters is 2. The molecule has 0 aliphatic carbocycles. The third kappa shape index (κ3) is 4.10. The molecule has 0 fully saturated rings. The summed E-state index contributed by atoms with van der Waals surface area (Å²) in [5.41, 5.74) is 1.37. The quantitative estimate of drug-likeness (QED) is 0.470. The maximum atomic E-state index is 12.3. The van der Waals surface area contributed by atoms with Crippen molar-refractivity contribution in [3.8, 4) is 6.07 Å². The molecule has 0 atom stereocenters. The molecule has 24 heavy (non-hydrogen) atoms. The molecule has 1 aromatic heterocycles. The SMILES string of the molecule is CCOC(=O)/C(C#N)=C/Nc1sc2c(c1C(=O)OCC)CCSC2. The van der Waals surface area contributed by atoms with E-state index in [1.807, 2.05) is 11.8 Å². The zero-order valence-electron chi connectivity index (χ0n) is 13.5. The predicted octanol–water partition coefficient (Wildman–Crippen LogP) is 3.10. The predicted molar refractivity (Wildman–Crippen MR) is 94.1 cm³/mol. The van der Waals surface area contributed by atoms with Gasteiger partial charge < -0.3 is 14.8 Å². The van der Waals surface area contributed by atoms with Crippen LogP contribution in [0.3, 0.4) is 0 Å². The van der Waals surface area contributed by atoms with Gasteiger partial charge >= 0.3 is 11.9 Å². The number of fused-ring (bicyclic) bond motifs is 1. The van der Waals surface area contributed by atoms with E-state index in [4.69, 9.17) is 14.7 Å². The van der Waals surface area contributed by atoms with Crippen molar-refractivity contribution in [3.05, 3.63) is 27.8 Å². The number of ether oxygens (including phenoxy) is 2. The Labute approximate surface area is 148 Å². The molecule has 1 N–H and O–H groups in total. The van der Waals surface area contributed by atoms with E-state index in [2.05, 4.69) is 5.32 Å². The number of nitrogens with one attached hydrogen (secondary N) is 1. The van der Waals surface area contributed by atoms with Gasteiger partial charge in [0, 0.05) is 16.8 Å². The van der Waals surface area contributed by atoms with Gasteiger partial charge in [-0.3, -0.25) is 0 Å². The van der Waals surface area contributed by atoms with Crippen molar-refractivity contribution < 1.29 is 19.1 Å². The van der Waals surface area contributed by atoms with Gasteiger partial charge in [0.2, 0.25) is 0 Å². The largest absolute Gasteiger partial charge is 0.462 e. The highest BCUT2D eigenvalue weighted by Gasteiger charge is 2.26. The highest BCUT2D eigenvalue weighted by molar-refractivity contribution is 7.98. The molecule has 0 saturated carbocycles. The van der Waals surface area contributed by atoms with Gasteiger partial charge in [-0.15, -0.1) is 11.3 Å². The molecule has 0 bridgehead atoms. The smallest absolute Gasteiger partial charge is 0.350 e. The van der Waals surface area contributed by atoms with Crippen LogP contribution in [0.4, 0.5) is 5.00 Å². The molecule has 0 radical (unpaired) electrons. The fraction of sp³-hybridized carbons (Fsp3) is 0.438. The van der Waals surface area contributed by atoms with Crippen LogP contribution in [0.2, 0.25) is 0 Å². The number of hydrogen-bond acceptors (Lipinski definition) is 8. The summed E-state index contributed by atoms with van der Waals surface area (Å²) in [4.78, 5) is 25.1. The van der Waals surface area contributed by atoms with Crippen LogP contribution in [0.25, 0.3) is 0 Å². The summed E-state index contributed by atoms with van der Waals surface area (Å²) in [6.45, 7) is 3.91. The minimum atomic E-state index is -0.693. The van der Waals surface area contributed by atoms with E-state index in [1.165, 1.54) is 17.5 Å². The Morgan fingerprint density at radius 3 is 2.75 bits per heavy atom. The van der Waals surface area contributed by atoms with Crippen molar-refractivity contribution in [3.63, 3.8) is 0 Å². The third-order valence-electron chi connectivity index (χ3n) is 3.26. The number of nitriles is 1. The first-order valence-electron chi connectivity index (χ1n) is 7.55. The third-order valence-corrected chi connectivity index (χ3v) is 5.59. The number of thioether (sulfide) groups is 1. The van der Waals surface area contributed by atoms with Crippen molar-refractivity contribution in [1.29, 1.82) is 5.26 Å². The molecule has 0 spiro atoms. The first kappa shape index (κ1) is 18.4. The van der Waals surface area contributed by atoms with E-state index in [0.29, 0.717) is 17.2 Å². The summed E-state index contributed by atoms with van der Waals surface area (Å²) in [5, 5.41) is 12.6. The maximum absolute atomic E-state index is 12.3. The Kier molecular flexibility index (Phi) is 6.70. The molecule has 1 aromatic rings. The molecular weight excluding hydrogens is 348 g/mol. The summed E-state index contributed by atoms with van der Waals surface area (Å²) >= 11 is 3.27. The lowest BCUT2D eigenvalue weighted by Crippen LogP contribution is -2.12. The summed E-state index contributed by atoms with van der Waals surface area (Å²) in [6.07, 6.45) is 2.09. The van der Waals surface area contributed by atoms with Crippen LogP contribution < -0.4 is 5.32 Å². The van der Waals surface area contributed by atoms with Gasteiger partial charge in [-0.05, 0) is 31.6 Å². The molecule has 8 heteroatoms. The molecule has 1 aliphatic rings. The van der Waals surface area contributed by atoms with Crippen molar-refractivity contribution in [2.24, 2.45) is 0 Å². The minimum absolute atomic E-state index is 0.146. The van der Waals surface area contributed by atoms with Gasteiger partial charge in [0.15, 0.2) is 5.57 Å². The van der Waals surface area contributed by atoms with Crippen molar-refractivity contribution >= 4 is 40.0 Å². The van der Waals surface area contributed by atoms with E-state index >= 15 is 0 Å². The number of thiophene rings is 1. The topological polar surface area (TPSA) is 88.4 Å². The molecule has 0 saturated heterocycles. The highest BCUT2D eigenvalue weighted by Crippen LogP contribution is 2.39. The van der Waals surface area contributed by atoms with Gasteiger partial charge in [0.1, 0.15) is 11.1 Å². The second kappa shape index (κ2) is 8.76. The number of carbonyl (C=O) groups excluding carboxylic acids is 2. The van der Waals surface area contributed by atoms with Gasteiger partial charge in [0.05, 0.1) is 18.8 Å². The molecule has 128 valence electrons. The Morgan fingerprint density at radius 2 is 2.08 bits per heavy atom. The first-order chi connectivity index (χ1) is 11.6. The lowest BCUT2D eigenvalue weighted by atomic mass is 10.1. The Hall–Kier alpha value is -1.98. The second-order valence-corrected chi connectivity index (χ2v) is 6.98. The van der Waals surface area contributed by atoms with Crippen LogP contribution in [0.5, 0.6) is 0 Å². The molecule has 0 unspecified atom stereocenters. The van der Waals surface area contributed by atoms with Crippen LogP contribution in [0, 0.1) is 11.3 Å². The van der Waals surface area contributed by atoms with E-state index in [-0.39, 0.29) is 18.1 Å². The number of nitrogens with zero attached hydrogens (tertiary/aromatic N) is 1. The monoisotopic (exact) mass is 366 g/mol. The van der Waals surface area contributed by atoms with Crippen LogP contribution in [-0.4, -0.2) is 30.9 Å². The highest BCUT2D eigenvalue weighted by atomic mass is 32.2. The normalized spacial score (nSPS) is 13.6. The van der Waals surface area contributed by atoms with E-state index in [0.717, 1.165) is 28.4 Å². The zero-order chi connectivity index (χ0) is 17.5. The minimum Gasteiger partial charge on any atom is -0.462 e. The fourth-order valence-electron chi connectivity index (χ4n) is 2.24. The average Bonchev–Trinajstić information content (AvgIpc) is 2.94. The van der Waals surface area contributed by atoms with Gasteiger partial charge in [-0.1, -0.05) is 0 Å². The van der Waals surface area contributed by atoms with Crippen LogP contribution in [0.15, 0.2) is 11.8 Å². The lowest BCUT2D eigenvalue weighted by molar-refractivity contribution is -0.138. The van der Waals surface area contributed by atoms with E-state index in [9.17, 15) is 9.59 Å². The van der Waals surface area contributed by atoms with Gasteiger partial charge in [-0.2, -0.15) is 17.0 Å². The van der Waals surface area contributed by atoms with Gasteiger partial charge in [-0.25, -0.2) is 9.59 Å². The molecule has 2 heterocycles. The summed E-state index contributed by atoms with van der Waals surface area (Å²) in [6, 6.07) is 1.80. The maximum Gasteiger partial charge on any atom is 0.350 e. The first-order valence-corrected chi connectivity index (χ1v) is 9.52. The van der Waals surface area contributed by atoms with Crippen LogP contribution >= 0.6 is 23.1 Å². The van der Waals surface area contributed by atoms with Crippen LogP contribution in [0.1, 0.15) is 34.6 Å². The molecular formula is C16H18N2O4S2. The molecule has 6 nitrogen and oxygen atoms in total. The lowest BCUT2D eigenvalue weighted by Gasteiger charge is -2.12. The van der Waals surface area contributed by atoms with E-state index in [1.54, 1.807) is 19.9 Å². The molecule has 0 amide bonds. The standard InChI is InChI=1S/C16H18N2O4S2/c1-3-21-15(19)10(7-17)8-18-14-13(16(20)22-4-2)11-5-6-23-9-12(11)24-14/h8,18H,3-6,9H2,1-2H3/b10-8+. The summed E-state index contributed by atoms with van der Waals surface area (Å²) < 4.78 is 9.98. The Bertz CT molecular complexity index is 704.